The number of halogens is 2. The van der Waals surface area contributed by atoms with Gasteiger partial charge in [-0.3, -0.25) is 9.00 Å². The maximum atomic E-state index is 13.6. The van der Waals surface area contributed by atoms with Crippen LogP contribution in [-0.4, -0.2) is 40.0 Å². The van der Waals surface area contributed by atoms with E-state index in [1.165, 1.54) is 12.1 Å². The summed E-state index contributed by atoms with van der Waals surface area (Å²) in [7, 11) is 3.91. The number of amides is 1. The van der Waals surface area contributed by atoms with Crippen LogP contribution in [0.3, 0.4) is 0 Å². The first kappa shape index (κ1) is 29.6. The van der Waals surface area contributed by atoms with Crippen LogP contribution in [0.15, 0.2) is 54.6 Å². The third-order valence-corrected chi connectivity index (χ3v) is 7.47. The van der Waals surface area contributed by atoms with Gasteiger partial charge < -0.3 is 24.2 Å². The number of alkyl halides is 2. The molecule has 0 saturated carbocycles. The lowest BCUT2D eigenvalue weighted by Crippen LogP contribution is -2.27. The number of anilines is 1. The molecule has 2 atom stereocenters. The molecule has 0 spiro atoms. The quantitative estimate of drug-likeness (QED) is 0.293. The van der Waals surface area contributed by atoms with E-state index in [0.29, 0.717) is 33.5 Å². The number of carbonyl (C=O) groups is 1. The van der Waals surface area contributed by atoms with Crippen molar-refractivity contribution >= 4 is 22.7 Å². The average Bonchev–Trinajstić information content (AvgIpc) is 3.17. The molecule has 4 rings (SSSR count). The highest BCUT2D eigenvalue weighted by molar-refractivity contribution is 7.80. The summed E-state index contributed by atoms with van der Waals surface area (Å²) in [5.41, 5.74) is 4.61. The third kappa shape index (κ3) is 6.51. The lowest BCUT2D eigenvalue weighted by Gasteiger charge is -2.28. The standard InChI is InChI=1S/C30H34F2N2O5S/c1-17(2)23-13-21(20-9-12-25-26(15-20)39-30(31,32)38-25)14-24(18(3)4)27(23)28(40(36)37)29(35)33-22-10-7-19(8-11-22)16-34(5)6/h7-15,17-18,28H,16H2,1-6H3,(H,33,35)(H,36,37)/p-1. The van der Waals surface area contributed by atoms with Crippen LogP contribution in [-0.2, 0) is 22.4 Å². The summed E-state index contributed by atoms with van der Waals surface area (Å²) in [6.45, 7) is 8.39. The molecular formula is C30H33F2N2O5S-. The molecule has 3 aromatic rings. The van der Waals surface area contributed by atoms with Crippen molar-refractivity contribution in [3.63, 3.8) is 0 Å². The van der Waals surface area contributed by atoms with Crippen molar-refractivity contribution in [1.82, 2.24) is 4.90 Å². The van der Waals surface area contributed by atoms with Crippen molar-refractivity contribution in [3.8, 4) is 22.6 Å². The topological polar surface area (TPSA) is 90.9 Å². The molecule has 0 radical (unpaired) electrons. The van der Waals surface area contributed by atoms with Crippen LogP contribution >= 0.6 is 0 Å². The van der Waals surface area contributed by atoms with Crippen LogP contribution in [0.5, 0.6) is 11.5 Å². The average molecular weight is 572 g/mol. The van der Waals surface area contributed by atoms with Crippen LogP contribution < -0.4 is 14.8 Å². The largest absolute Gasteiger partial charge is 0.771 e. The zero-order valence-corrected chi connectivity index (χ0v) is 24.1. The van der Waals surface area contributed by atoms with Gasteiger partial charge in [-0.15, -0.1) is 8.78 Å². The molecule has 3 aromatic carbocycles. The lowest BCUT2D eigenvalue weighted by molar-refractivity contribution is -0.286. The number of benzene rings is 3. The molecule has 0 aliphatic carbocycles. The molecule has 0 saturated heterocycles. The monoisotopic (exact) mass is 571 g/mol. The number of hydrogen-bond acceptors (Lipinski definition) is 6. The number of rotatable bonds is 9. The lowest BCUT2D eigenvalue weighted by atomic mass is 9.83. The van der Waals surface area contributed by atoms with Gasteiger partial charge in [0, 0.05) is 12.2 Å². The maximum absolute atomic E-state index is 13.6. The molecule has 1 amide bonds. The Labute approximate surface area is 235 Å². The molecule has 40 heavy (non-hydrogen) atoms. The van der Waals surface area contributed by atoms with Crippen LogP contribution in [0, 0.1) is 0 Å². The summed E-state index contributed by atoms with van der Waals surface area (Å²) in [6, 6.07) is 15.4. The van der Waals surface area contributed by atoms with Gasteiger partial charge in [-0.1, -0.05) is 58.0 Å². The molecule has 214 valence electrons. The van der Waals surface area contributed by atoms with E-state index in [0.717, 1.165) is 12.1 Å². The Morgan fingerprint density at radius 3 is 2.02 bits per heavy atom. The van der Waals surface area contributed by atoms with Gasteiger partial charge in [-0.25, -0.2) is 0 Å². The molecule has 0 aromatic heterocycles. The minimum absolute atomic E-state index is 0.0632. The second-order valence-electron chi connectivity index (χ2n) is 10.8. The Hall–Kier alpha value is -3.34. The molecule has 1 N–H and O–H groups in total. The van der Waals surface area contributed by atoms with Crippen molar-refractivity contribution in [2.24, 2.45) is 0 Å². The first-order valence-electron chi connectivity index (χ1n) is 13.0. The second-order valence-corrected chi connectivity index (χ2v) is 11.8. The molecule has 1 aliphatic rings. The normalized spacial score (nSPS) is 15.5. The number of nitrogens with zero attached hydrogens (tertiary/aromatic N) is 1. The Morgan fingerprint density at radius 2 is 1.50 bits per heavy atom. The summed E-state index contributed by atoms with van der Waals surface area (Å²) < 4.78 is 61.6. The molecule has 1 heterocycles. The van der Waals surface area contributed by atoms with E-state index < -0.39 is 28.5 Å². The van der Waals surface area contributed by atoms with E-state index in [1.54, 1.807) is 18.2 Å². The summed E-state index contributed by atoms with van der Waals surface area (Å²) in [4.78, 5) is 15.5. The molecule has 10 heteroatoms. The van der Waals surface area contributed by atoms with Crippen LogP contribution in [0.25, 0.3) is 11.1 Å². The minimum Gasteiger partial charge on any atom is -0.771 e. The van der Waals surface area contributed by atoms with Gasteiger partial charge in [0.15, 0.2) is 11.5 Å². The van der Waals surface area contributed by atoms with Crippen LogP contribution in [0.4, 0.5) is 14.5 Å². The van der Waals surface area contributed by atoms with Crippen molar-refractivity contribution in [2.75, 3.05) is 19.4 Å². The molecule has 7 nitrogen and oxygen atoms in total. The zero-order chi connectivity index (χ0) is 29.4. The molecule has 2 unspecified atom stereocenters. The Kier molecular flexibility index (Phi) is 8.63. The van der Waals surface area contributed by atoms with E-state index in [1.807, 2.05) is 71.0 Å². The number of carbonyl (C=O) groups excluding carboxylic acids is 1. The number of nitrogens with one attached hydrogen (secondary N) is 1. The summed E-state index contributed by atoms with van der Waals surface area (Å²) in [5, 5.41) is 1.31. The van der Waals surface area contributed by atoms with Gasteiger partial charge in [0.2, 0.25) is 5.91 Å². The number of hydrogen-bond donors (Lipinski definition) is 1. The minimum atomic E-state index is -3.73. The zero-order valence-electron chi connectivity index (χ0n) is 23.3. The van der Waals surface area contributed by atoms with Crippen molar-refractivity contribution in [3.05, 3.63) is 76.9 Å². The van der Waals surface area contributed by atoms with E-state index in [4.69, 9.17) is 0 Å². The first-order valence-corrected chi connectivity index (χ1v) is 14.1. The highest BCUT2D eigenvalue weighted by atomic mass is 32.2. The van der Waals surface area contributed by atoms with E-state index >= 15 is 0 Å². The highest BCUT2D eigenvalue weighted by Crippen LogP contribution is 2.44. The smallest absolute Gasteiger partial charge is 0.586 e. The SMILES string of the molecule is CC(C)c1cc(-c2ccc3c(c2)OC(F)(F)O3)cc(C(C)C)c1C(C(=O)Nc1ccc(CN(C)C)cc1)S(=O)[O-]. The molecular weight excluding hydrogens is 538 g/mol. The van der Waals surface area contributed by atoms with E-state index in [9.17, 15) is 22.3 Å². The fourth-order valence-corrected chi connectivity index (χ4v) is 5.53. The van der Waals surface area contributed by atoms with Gasteiger partial charge >= 0.3 is 6.29 Å². The van der Waals surface area contributed by atoms with Crippen molar-refractivity contribution < 1.29 is 31.8 Å². The highest BCUT2D eigenvalue weighted by Gasteiger charge is 2.43. The fourth-order valence-electron chi connectivity index (χ4n) is 4.83. The van der Waals surface area contributed by atoms with Gasteiger partial charge in [0.25, 0.3) is 0 Å². The van der Waals surface area contributed by atoms with E-state index in [2.05, 4.69) is 14.8 Å². The van der Waals surface area contributed by atoms with Crippen LogP contribution in [0.1, 0.15) is 67.0 Å². The summed E-state index contributed by atoms with van der Waals surface area (Å²) >= 11 is -2.77. The van der Waals surface area contributed by atoms with Gasteiger partial charge in [0.05, 0.1) is 0 Å². The first-order chi connectivity index (χ1) is 18.8. The third-order valence-electron chi connectivity index (χ3n) is 6.64. The maximum Gasteiger partial charge on any atom is 0.586 e. The molecule has 0 bridgehead atoms. The Morgan fingerprint density at radius 1 is 0.925 bits per heavy atom. The van der Waals surface area contributed by atoms with Crippen LogP contribution in [0.2, 0.25) is 0 Å². The summed E-state index contributed by atoms with van der Waals surface area (Å²) in [5.74, 6) is -1.09. The molecule has 0 fully saturated rings. The van der Waals surface area contributed by atoms with E-state index in [-0.39, 0.29) is 23.3 Å². The second kappa shape index (κ2) is 11.6. The summed E-state index contributed by atoms with van der Waals surface area (Å²) in [6.07, 6.45) is -3.73. The predicted molar refractivity (Wildman–Crippen MR) is 150 cm³/mol. The predicted octanol–water partition coefficient (Wildman–Crippen LogP) is 6.54. The Balaban J connectivity index is 1.75. The van der Waals surface area contributed by atoms with Gasteiger partial charge in [0.1, 0.15) is 5.25 Å². The fraction of sp³-hybridized carbons (Fsp3) is 0.367. The number of ether oxygens (including phenoxy) is 2. The Bertz CT molecular complexity index is 1400. The van der Waals surface area contributed by atoms with Gasteiger partial charge in [-0.05, 0) is 94.7 Å². The van der Waals surface area contributed by atoms with Crippen molar-refractivity contribution in [2.45, 2.75) is 57.6 Å². The number of fused-ring (bicyclic) bond motifs is 1. The van der Waals surface area contributed by atoms with Gasteiger partial charge in [-0.2, -0.15) is 0 Å². The molecule has 1 aliphatic heterocycles. The van der Waals surface area contributed by atoms with Crippen molar-refractivity contribution in [1.29, 1.82) is 0 Å².